The van der Waals surface area contributed by atoms with E-state index in [1.807, 2.05) is 31.2 Å². The van der Waals surface area contributed by atoms with Crippen molar-refractivity contribution in [3.8, 4) is 34.5 Å². The summed E-state index contributed by atoms with van der Waals surface area (Å²) in [5.41, 5.74) is 4.72. The fourth-order valence-corrected chi connectivity index (χ4v) is 4.81. The van der Waals surface area contributed by atoms with Gasteiger partial charge in [0.25, 0.3) is 5.89 Å². The van der Waals surface area contributed by atoms with Crippen LogP contribution >= 0.6 is 0 Å². The Morgan fingerprint density at radius 1 is 1.16 bits per heavy atom. The number of benzene rings is 1. The first-order valence-electron chi connectivity index (χ1n) is 12.9. The van der Waals surface area contributed by atoms with Crippen LogP contribution in [0.3, 0.4) is 0 Å². The lowest BCUT2D eigenvalue weighted by Crippen LogP contribution is -2.30. The van der Waals surface area contributed by atoms with E-state index in [1.54, 1.807) is 14.2 Å². The van der Waals surface area contributed by atoms with Gasteiger partial charge in [-0.3, -0.25) is 4.79 Å². The van der Waals surface area contributed by atoms with Gasteiger partial charge < -0.3 is 24.0 Å². The topological polar surface area (TPSA) is 111 Å². The van der Waals surface area contributed by atoms with Crippen LogP contribution in [-0.4, -0.2) is 65.0 Å². The van der Waals surface area contributed by atoms with Gasteiger partial charge in [0.2, 0.25) is 17.6 Å². The van der Waals surface area contributed by atoms with Crippen molar-refractivity contribution in [1.82, 2.24) is 20.0 Å². The summed E-state index contributed by atoms with van der Waals surface area (Å²) in [6.07, 6.45) is 6.17. The standard InChI is InChI=1S/C28H36N4O5/c1-5-19-14-21(13-18(2)26(19)36-12-8-11-32(3)25(34)17-33)27-30-28(37-31-27)22-15-23(20-9-6-7-10-20)29-24(16-22)35-4/h13-16,20,33H,5-12,17H2,1-4H3. The molecule has 1 fully saturated rings. The van der Waals surface area contributed by atoms with Crippen LogP contribution in [0.25, 0.3) is 22.8 Å². The Labute approximate surface area is 217 Å². The maximum Gasteiger partial charge on any atom is 0.258 e. The number of amides is 1. The molecule has 9 heteroatoms. The van der Waals surface area contributed by atoms with E-state index in [9.17, 15) is 4.79 Å². The fourth-order valence-electron chi connectivity index (χ4n) is 4.81. The zero-order valence-corrected chi connectivity index (χ0v) is 22.1. The Morgan fingerprint density at radius 3 is 2.65 bits per heavy atom. The second kappa shape index (κ2) is 12.2. The number of nitrogens with zero attached hydrogens (tertiary/aromatic N) is 4. The van der Waals surface area contributed by atoms with E-state index in [-0.39, 0.29) is 5.91 Å². The summed E-state index contributed by atoms with van der Waals surface area (Å²) in [5.74, 6) is 2.49. The lowest BCUT2D eigenvalue weighted by Gasteiger charge is -2.18. The third kappa shape index (κ3) is 6.28. The molecule has 2 aromatic heterocycles. The van der Waals surface area contributed by atoms with Crippen LogP contribution in [-0.2, 0) is 11.2 Å². The van der Waals surface area contributed by atoms with E-state index in [4.69, 9.17) is 24.1 Å². The highest BCUT2D eigenvalue weighted by molar-refractivity contribution is 5.76. The average molecular weight is 509 g/mol. The quantitative estimate of drug-likeness (QED) is 0.376. The van der Waals surface area contributed by atoms with Crippen molar-refractivity contribution < 1.29 is 23.9 Å². The van der Waals surface area contributed by atoms with Gasteiger partial charge in [-0.1, -0.05) is 24.9 Å². The first-order valence-corrected chi connectivity index (χ1v) is 12.9. The van der Waals surface area contributed by atoms with E-state index in [0.717, 1.165) is 53.0 Å². The number of aryl methyl sites for hydroxylation is 2. The third-order valence-electron chi connectivity index (χ3n) is 6.91. The summed E-state index contributed by atoms with van der Waals surface area (Å²) in [7, 11) is 3.29. The van der Waals surface area contributed by atoms with E-state index in [1.165, 1.54) is 17.7 Å². The van der Waals surface area contributed by atoms with Gasteiger partial charge in [-0.2, -0.15) is 4.98 Å². The minimum Gasteiger partial charge on any atom is -0.493 e. The van der Waals surface area contributed by atoms with Crippen LogP contribution in [0.5, 0.6) is 11.6 Å². The second-order valence-electron chi connectivity index (χ2n) is 9.54. The lowest BCUT2D eigenvalue weighted by molar-refractivity contribution is -0.132. The summed E-state index contributed by atoms with van der Waals surface area (Å²) >= 11 is 0. The Balaban J connectivity index is 1.51. The van der Waals surface area contributed by atoms with Crippen molar-refractivity contribution in [3.05, 3.63) is 41.1 Å². The largest absolute Gasteiger partial charge is 0.493 e. The molecule has 9 nitrogen and oxygen atoms in total. The minimum absolute atomic E-state index is 0.297. The molecule has 1 N–H and O–H groups in total. The lowest BCUT2D eigenvalue weighted by atomic mass is 10.0. The van der Waals surface area contributed by atoms with Crippen LogP contribution in [0.1, 0.15) is 61.8 Å². The molecule has 2 heterocycles. The Bertz CT molecular complexity index is 1220. The van der Waals surface area contributed by atoms with Crippen molar-refractivity contribution >= 4 is 5.91 Å². The number of aromatic nitrogens is 3. The molecule has 0 aliphatic heterocycles. The molecule has 0 radical (unpaired) electrons. The molecule has 1 amide bonds. The number of ether oxygens (including phenoxy) is 2. The fraction of sp³-hybridized carbons (Fsp3) is 0.500. The smallest absolute Gasteiger partial charge is 0.258 e. The van der Waals surface area contributed by atoms with Crippen molar-refractivity contribution in [1.29, 1.82) is 0 Å². The van der Waals surface area contributed by atoms with Crippen LogP contribution in [0, 0.1) is 6.92 Å². The summed E-state index contributed by atoms with van der Waals surface area (Å²) in [4.78, 5) is 22.4. The van der Waals surface area contributed by atoms with E-state index in [2.05, 4.69) is 17.1 Å². The van der Waals surface area contributed by atoms with Gasteiger partial charge in [-0.05, 0) is 61.9 Å². The second-order valence-corrected chi connectivity index (χ2v) is 9.54. The molecule has 1 saturated carbocycles. The van der Waals surface area contributed by atoms with Crippen molar-refractivity contribution in [2.75, 3.05) is 33.9 Å². The first-order chi connectivity index (χ1) is 17.9. The van der Waals surface area contributed by atoms with Crippen LogP contribution in [0.15, 0.2) is 28.8 Å². The highest BCUT2D eigenvalue weighted by Gasteiger charge is 2.22. The number of methoxy groups -OCH3 is 1. The molecule has 0 saturated heterocycles. The maximum atomic E-state index is 11.5. The summed E-state index contributed by atoms with van der Waals surface area (Å²) in [6, 6.07) is 7.92. The molecule has 1 aliphatic rings. The van der Waals surface area contributed by atoms with Crippen molar-refractivity contribution in [3.63, 3.8) is 0 Å². The number of rotatable bonds is 11. The zero-order valence-electron chi connectivity index (χ0n) is 22.1. The Kier molecular flexibility index (Phi) is 8.76. The molecule has 3 aromatic rings. The first kappa shape index (κ1) is 26.6. The van der Waals surface area contributed by atoms with Gasteiger partial charge >= 0.3 is 0 Å². The molecule has 0 spiro atoms. The number of hydrogen-bond acceptors (Lipinski definition) is 8. The van der Waals surface area contributed by atoms with Gasteiger partial charge in [0, 0.05) is 42.4 Å². The molecule has 198 valence electrons. The number of carbonyl (C=O) groups excluding carboxylic acids is 1. The van der Waals surface area contributed by atoms with E-state index < -0.39 is 6.61 Å². The number of likely N-dealkylation sites (N-methyl/N-ethyl adjacent to an activating group) is 1. The highest BCUT2D eigenvalue weighted by Crippen LogP contribution is 2.36. The molecule has 0 unspecified atom stereocenters. The predicted molar refractivity (Wildman–Crippen MR) is 140 cm³/mol. The van der Waals surface area contributed by atoms with Crippen LogP contribution < -0.4 is 9.47 Å². The molecule has 1 aliphatic carbocycles. The third-order valence-corrected chi connectivity index (χ3v) is 6.91. The monoisotopic (exact) mass is 508 g/mol. The normalized spacial score (nSPS) is 13.6. The number of hydrogen-bond donors (Lipinski definition) is 1. The molecule has 4 rings (SSSR count). The van der Waals surface area contributed by atoms with Crippen molar-refractivity contribution in [2.24, 2.45) is 0 Å². The van der Waals surface area contributed by atoms with Gasteiger partial charge in [-0.25, -0.2) is 4.98 Å². The van der Waals surface area contributed by atoms with E-state index >= 15 is 0 Å². The maximum absolute atomic E-state index is 11.5. The van der Waals surface area contributed by atoms with Crippen LogP contribution in [0.2, 0.25) is 0 Å². The molecule has 37 heavy (non-hydrogen) atoms. The number of aliphatic hydroxyl groups is 1. The summed E-state index contributed by atoms with van der Waals surface area (Å²) in [6.45, 7) is 4.59. The van der Waals surface area contributed by atoms with Crippen molar-refractivity contribution in [2.45, 2.75) is 58.3 Å². The van der Waals surface area contributed by atoms with Crippen LogP contribution in [0.4, 0.5) is 0 Å². The number of pyridine rings is 1. The summed E-state index contributed by atoms with van der Waals surface area (Å²) < 4.78 is 17.2. The van der Waals surface area contributed by atoms with Gasteiger partial charge in [0.05, 0.1) is 13.7 Å². The molecular formula is C28H36N4O5. The van der Waals surface area contributed by atoms with Gasteiger partial charge in [0.1, 0.15) is 12.4 Å². The SMILES string of the molecule is CCc1cc(-c2noc(-c3cc(OC)nc(C4CCCC4)c3)n2)cc(C)c1OCCCN(C)C(=O)CO. The van der Waals surface area contributed by atoms with E-state index in [0.29, 0.717) is 43.1 Å². The number of carbonyl (C=O) groups is 1. The van der Waals surface area contributed by atoms with Gasteiger partial charge in [0.15, 0.2) is 0 Å². The Hall–Kier alpha value is -3.46. The van der Waals surface area contributed by atoms with Gasteiger partial charge in [-0.15, -0.1) is 0 Å². The Morgan fingerprint density at radius 2 is 1.95 bits per heavy atom. The average Bonchev–Trinajstić information content (AvgIpc) is 3.63. The molecule has 1 aromatic carbocycles. The number of aliphatic hydroxyl groups excluding tert-OH is 1. The molecule has 0 bridgehead atoms. The molecule has 0 atom stereocenters. The highest BCUT2D eigenvalue weighted by atomic mass is 16.5. The summed E-state index contributed by atoms with van der Waals surface area (Å²) in [5, 5.41) is 13.2. The minimum atomic E-state index is -0.480. The predicted octanol–water partition coefficient (Wildman–Crippen LogP) is 4.56. The zero-order chi connectivity index (χ0) is 26.4. The molecular weight excluding hydrogens is 472 g/mol.